The first-order valence-corrected chi connectivity index (χ1v) is 9.89. The van der Waals surface area contributed by atoms with Gasteiger partial charge in [0.25, 0.3) is 0 Å². The molecule has 2 atom stereocenters. The van der Waals surface area contributed by atoms with Crippen molar-refractivity contribution in [3.63, 3.8) is 0 Å². The number of para-hydroxylation sites is 1. The summed E-state index contributed by atoms with van der Waals surface area (Å²) in [5.41, 5.74) is 11.6. The molecule has 1 heterocycles. The number of halogens is 2. The van der Waals surface area contributed by atoms with Crippen LogP contribution >= 0.6 is 0 Å². The van der Waals surface area contributed by atoms with Gasteiger partial charge in [0, 0.05) is 25.6 Å². The molecular weight excluding hydrogens is 374 g/mol. The lowest BCUT2D eigenvalue weighted by molar-refractivity contribution is -0.131. The van der Waals surface area contributed by atoms with Gasteiger partial charge in [-0.05, 0) is 50.1 Å². The molecule has 1 saturated heterocycles. The fourth-order valence-corrected chi connectivity index (χ4v) is 3.56. The van der Waals surface area contributed by atoms with Crippen molar-refractivity contribution < 1.29 is 13.6 Å². The third-order valence-corrected chi connectivity index (χ3v) is 4.96. The molecule has 158 valence electrons. The van der Waals surface area contributed by atoms with Gasteiger partial charge in [0.1, 0.15) is 11.6 Å². The highest BCUT2D eigenvalue weighted by Crippen LogP contribution is 2.21. The standard InChI is InChI=1S/C21H25F2N3O.CH5N/c22-18-8-2-1-6-15(18)7-5-11-21(27)26-14-16(24)12-17(26)13-25-20-10-4-3-9-19(20)23;1-2/h1-4,6,8-10,16-17,25H,5,7,11-14,24H2;2H2,1H3. The number of carbonyl (C=O) groups is 1. The zero-order valence-corrected chi connectivity index (χ0v) is 16.8. The maximum absolute atomic E-state index is 13.8. The SMILES string of the molecule is CN.NC1CC(CNc2ccccc2F)N(C(=O)CCCc2ccccc2F)C1. The third-order valence-electron chi connectivity index (χ3n) is 4.96. The number of hydrogen-bond donors (Lipinski definition) is 3. The van der Waals surface area contributed by atoms with E-state index in [4.69, 9.17) is 5.73 Å². The number of benzene rings is 2. The van der Waals surface area contributed by atoms with Gasteiger partial charge in [-0.1, -0.05) is 30.3 Å². The van der Waals surface area contributed by atoms with E-state index in [1.807, 2.05) is 0 Å². The lowest BCUT2D eigenvalue weighted by Crippen LogP contribution is -2.40. The number of carbonyl (C=O) groups excluding carboxylic acids is 1. The Bertz CT molecular complexity index is 787. The summed E-state index contributed by atoms with van der Waals surface area (Å²) in [6, 6.07) is 12.9. The van der Waals surface area contributed by atoms with E-state index in [2.05, 4.69) is 11.1 Å². The fraction of sp³-hybridized carbons (Fsp3) is 0.409. The molecule has 5 N–H and O–H groups in total. The number of hydrogen-bond acceptors (Lipinski definition) is 4. The third kappa shape index (κ3) is 6.51. The van der Waals surface area contributed by atoms with Gasteiger partial charge < -0.3 is 21.7 Å². The molecule has 3 rings (SSSR count). The molecule has 2 aromatic carbocycles. The number of nitrogens with zero attached hydrogens (tertiary/aromatic N) is 1. The molecular formula is C22H30F2N4O. The molecule has 5 nitrogen and oxygen atoms in total. The van der Waals surface area contributed by atoms with Crippen LogP contribution < -0.4 is 16.8 Å². The van der Waals surface area contributed by atoms with Gasteiger partial charge in [0.2, 0.25) is 5.91 Å². The Hall–Kier alpha value is -2.51. The first kappa shape index (κ1) is 22.8. The molecule has 2 aromatic rings. The van der Waals surface area contributed by atoms with Gasteiger partial charge in [-0.15, -0.1) is 0 Å². The summed E-state index contributed by atoms with van der Waals surface area (Å²) in [7, 11) is 1.50. The van der Waals surface area contributed by atoms with E-state index in [9.17, 15) is 13.6 Å². The summed E-state index contributed by atoms with van der Waals surface area (Å²) >= 11 is 0. The monoisotopic (exact) mass is 404 g/mol. The van der Waals surface area contributed by atoms with E-state index in [0.29, 0.717) is 50.0 Å². The molecule has 0 saturated carbocycles. The predicted octanol–water partition coefficient (Wildman–Crippen LogP) is 2.90. The van der Waals surface area contributed by atoms with Gasteiger partial charge in [-0.3, -0.25) is 4.79 Å². The fourth-order valence-electron chi connectivity index (χ4n) is 3.56. The van der Waals surface area contributed by atoms with E-state index >= 15 is 0 Å². The molecule has 0 aromatic heterocycles. The van der Waals surface area contributed by atoms with Crippen LogP contribution in [0.4, 0.5) is 14.5 Å². The molecule has 1 amide bonds. The Kier molecular flexibility index (Phi) is 9.02. The number of anilines is 1. The second-order valence-electron chi connectivity index (χ2n) is 7.00. The van der Waals surface area contributed by atoms with Crippen molar-refractivity contribution in [2.75, 3.05) is 25.5 Å². The molecule has 1 aliphatic heterocycles. The topological polar surface area (TPSA) is 84.4 Å². The van der Waals surface area contributed by atoms with Crippen molar-refractivity contribution in [2.45, 2.75) is 37.8 Å². The van der Waals surface area contributed by atoms with Crippen molar-refractivity contribution in [2.24, 2.45) is 11.5 Å². The largest absolute Gasteiger partial charge is 0.381 e. The zero-order valence-electron chi connectivity index (χ0n) is 16.8. The van der Waals surface area contributed by atoms with E-state index in [1.54, 1.807) is 41.3 Å². The number of nitrogens with one attached hydrogen (secondary N) is 1. The molecule has 2 unspecified atom stereocenters. The van der Waals surface area contributed by atoms with Crippen LogP contribution in [-0.4, -0.2) is 43.0 Å². The van der Waals surface area contributed by atoms with E-state index in [-0.39, 0.29) is 29.6 Å². The second kappa shape index (κ2) is 11.5. The number of nitrogens with two attached hydrogens (primary N) is 2. The van der Waals surface area contributed by atoms with Crippen molar-refractivity contribution >= 4 is 11.6 Å². The molecule has 0 bridgehead atoms. The highest BCUT2D eigenvalue weighted by molar-refractivity contribution is 5.77. The lowest BCUT2D eigenvalue weighted by atomic mass is 10.1. The number of aryl methyl sites for hydroxylation is 1. The smallest absolute Gasteiger partial charge is 0.222 e. The molecule has 1 fully saturated rings. The maximum Gasteiger partial charge on any atom is 0.222 e. The van der Waals surface area contributed by atoms with Crippen LogP contribution in [0.1, 0.15) is 24.8 Å². The Morgan fingerprint density at radius 3 is 2.45 bits per heavy atom. The molecule has 0 spiro atoms. The summed E-state index contributed by atoms with van der Waals surface area (Å²) in [6.07, 6.45) is 2.13. The van der Waals surface area contributed by atoms with Crippen LogP contribution in [0.25, 0.3) is 0 Å². The zero-order chi connectivity index (χ0) is 21.2. The Labute approximate surface area is 171 Å². The van der Waals surface area contributed by atoms with Gasteiger partial charge in [0.15, 0.2) is 0 Å². The Morgan fingerprint density at radius 2 is 1.76 bits per heavy atom. The summed E-state index contributed by atoms with van der Waals surface area (Å²) in [5, 5.41) is 3.08. The summed E-state index contributed by atoms with van der Waals surface area (Å²) in [5.74, 6) is -0.540. The summed E-state index contributed by atoms with van der Waals surface area (Å²) in [6.45, 7) is 0.954. The minimum absolute atomic E-state index is 0.0135. The summed E-state index contributed by atoms with van der Waals surface area (Å²) < 4.78 is 27.4. The molecule has 0 radical (unpaired) electrons. The predicted molar refractivity (Wildman–Crippen MR) is 112 cm³/mol. The van der Waals surface area contributed by atoms with Crippen LogP contribution in [0, 0.1) is 11.6 Å². The summed E-state index contributed by atoms with van der Waals surface area (Å²) in [4.78, 5) is 14.4. The molecule has 1 aliphatic rings. The minimum Gasteiger partial charge on any atom is -0.381 e. The molecule has 0 aliphatic carbocycles. The maximum atomic E-state index is 13.8. The average molecular weight is 405 g/mol. The first-order chi connectivity index (χ1) is 14.0. The van der Waals surface area contributed by atoms with Crippen molar-refractivity contribution in [1.29, 1.82) is 0 Å². The quantitative estimate of drug-likeness (QED) is 0.663. The second-order valence-corrected chi connectivity index (χ2v) is 7.00. The van der Waals surface area contributed by atoms with Crippen LogP contribution in [0.2, 0.25) is 0 Å². The highest BCUT2D eigenvalue weighted by Gasteiger charge is 2.32. The molecule has 29 heavy (non-hydrogen) atoms. The average Bonchev–Trinajstić information content (AvgIpc) is 3.11. The highest BCUT2D eigenvalue weighted by atomic mass is 19.1. The van der Waals surface area contributed by atoms with Crippen LogP contribution in [-0.2, 0) is 11.2 Å². The first-order valence-electron chi connectivity index (χ1n) is 9.89. The van der Waals surface area contributed by atoms with E-state index < -0.39 is 0 Å². The van der Waals surface area contributed by atoms with Crippen LogP contribution in [0.3, 0.4) is 0 Å². The van der Waals surface area contributed by atoms with Crippen LogP contribution in [0.5, 0.6) is 0 Å². The van der Waals surface area contributed by atoms with Crippen molar-refractivity contribution in [3.05, 3.63) is 65.7 Å². The van der Waals surface area contributed by atoms with Crippen LogP contribution in [0.15, 0.2) is 48.5 Å². The van der Waals surface area contributed by atoms with E-state index in [0.717, 1.165) is 0 Å². The molecule has 7 heteroatoms. The van der Waals surface area contributed by atoms with Gasteiger partial charge in [-0.2, -0.15) is 0 Å². The minimum atomic E-state index is -0.317. The Morgan fingerprint density at radius 1 is 1.10 bits per heavy atom. The van der Waals surface area contributed by atoms with Gasteiger partial charge in [0.05, 0.1) is 11.7 Å². The van der Waals surface area contributed by atoms with Crippen molar-refractivity contribution in [1.82, 2.24) is 4.90 Å². The Balaban J connectivity index is 0.00000145. The number of rotatable bonds is 7. The van der Waals surface area contributed by atoms with Gasteiger partial charge >= 0.3 is 0 Å². The normalized spacial score (nSPS) is 18.2. The lowest BCUT2D eigenvalue weighted by Gasteiger charge is -2.25. The van der Waals surface area contributed by atoms with Crippen molar-refractivity contribution in [3.8, 4) is 0 Å². The van der Waals surface area contributed by atoms with Gasteiger partial charge in [-0.25, -0.2) is 8.78 Å². The van der Waals surface area contributed by atoms with E-state index in [1.165, 1.54) is 19.2 Å². The number of amides is 1. The number of likely N-dealkylation sites (tertiary alicyclic amines) is 1.